The van der Waals surface area contributed by atoms with Crippen molar-refractivity contribution >= 4 is 16.8 Å². The zero-order valence-electron chi connectivity index (χ0n) is 15.2. The van der Waals surface area contributed by atoms with E-state index in [4.69, 9.17) is 0 Å². The minimum absolute atomic E-state index is 0.0479. The molecule has 1 heterocycles. The molecule has 5 heteroatoms. The highest BCUT2D eigenvalue weighted by atomic mass is 16.2. The highest BCUT2D eigenvalue weighted by Crippen LogP contribution is 2.18. The Morgan fingerprint density at radius 2 is 1.81 bits per heavy atom. The Labute approximate surface area is 152 Å². The number of aryl methyl sites for hydroxylation is 1. The van der Waals surface area contributed by atoms with Gasteiger partial charge in [0.05, 0.1) is 6.04 Å². The summed E-state index contributed by atoms with van der Waals surface area (Å²) in [5.41, 5.74) is 3.10. The number of rotatable bonds is 5. The normalized spacial score (nSPS) is 12.3. The molecule has 26 heavy (non-hydrogen) atoms. The number of aromatic nitrogens is 1. The fourth-order valence-electron chi connectivity index (χ4n) is 2.99. The van der Waals surface area contributed by atoms with E-state index in [-0.39, 0.29) is 23.1 Å². The zero-order valence-corrected chi connectivity index (χ0v) is 15.2. The third-order valence-electron chi connectivity index (χ3n) is 4.52. The van der Waals surface area contributed by atoms with Crippen molar-refractivity contribution in [2.45, 2.75) is 13.0 Å². The van der Waals surface area contributed by atoms with Gasteiger partial charge in [-0.3, -0.25) is 9.59 Å². The molecule has 134 valence electrons. The number of likely N-dealkylation sites (N-methyl/N-ethyl adjacent to an activating group) is 1. The third-order valence-corrected chi connectivity index (χ3v) is 4.52. The van der Waals surface area contributed by atoms with E-state index in [1.165, 1.54) is 11.6 Å². The zero-order chi connectivity index (χ0) is 18.7. The van der Waals surface area contributed by atoms with Gasteiger partial charge in [-0.05, 0) is 38.7 Å². The SMILES string of the molecule is Cc1ccc([C@@H](CNC(=O)c2cc(=O)c3ccccc3[nH]2)N(C)C)cc1. The maximum absolute atomic E-state index is 12.6. The van der Waals surface area contributed by atoms with E-state index < -0.39 is 0 Å². The minimum atomic E-state index is -0.285. The lowest BCUT2D eigenvalue weighted by Crippen LogP contribution is -2.35. The number of hydrogen-bond acceptors (Lipinski definition) is 3. The molecule has 3 aromatic rings. The van der Waals surface area contributed by atoms with Gasteiger partial charge in [-0.1, -0.05) is 42.0 Å². The van der Waals surface area contributed by atoms with Crippen LogP contribution in [0.2, 0.25) is 0 Å². The number of amides is 1. The molecule has 2 aromatic carbocycles. The summed E-state index contributed by atoms with van der Waals surface area (Å²) < 4.78 is 0. The average molecular weight is 349 g/mol. The highest BCUT2D eigenvalue weighted by Gasteiger charge is 2.16. The Hall–Kier alpha value is -2.92. The quantitative estimate of drug-likeness (QED) is 0.744. The molecule has 0 saturated carbocycles. The van der Waals surface area contributed by atoms with Crippen LogP contribution in [-0.2, 0) is 0 Å². The van der Waals surface area contributed by atoms with Gasteiger partial charge in [0.25, 0.3) is 5.91 Å². The summed E-state index contributed by atoms with van der Waals surface area (Å²) in [6.07, 6.45) is 0. The minimum Gasteiger partial charge on any atom is -0.350 e. The number of fused-ring (bicyclic) bond motifs is 1. The summed E-state index contributed by atoms with van der Waals surface area (Å²) in [6.45, 7) is 2.50. The number of pyridine rings is 1. The molecule has 0 unspecified atom stereocenters. The number of carbonyl (C=O) groups excluding carboxylic acids is 1. The topological polar surface area (TPSA) is 65.2 Å². The van der Waals surface area contributed by atoms with E-state index in [1.807, 2.05) is 27.1 Å². The lowest BCUT2D eigenvalue weighted by molar-refractivity contribution is 0.0937. The number of H-pyrrole nitrogens is 1. The predicted molar refractivity (Wildman–Crippen MR) is 105 cm³/mol. The lowest BCUT2D eigenvalue weighted by atomic mass is 10.0. The number of benzene rings is 2. The molecule has 0 spiro atoms. The summed E-state index contributed by atoms with van der Waals surface area (Å²) >= 11 is 0. The summed E-state index contributed by atoms with van der Waals surface area (Å²) in [7, 11) is 3.96. The van der Waals surface area contributed by atoms with Crippen LogP contribution in [0, 0.1) is 6.92 Å². The molecule has 0 saturated heterocycles. The number of carbonyl (C=O) groups is 1. The van der Waals surface area contributed by atoms with Gasteiger partial charge in [-0.25, -0.2) is 0 Å². The lowest BCUT2D eigenvalue weighted by Gasteiger charge is -2.25. The van der Waals surface area contributed by atoms with Gasteiger partial charge in [-0.15, -0.1) is 0 Å². The molecule has 3 rings (SSSR count). The van der Waals surface area contributed by atoms with Crippen molar-refractivity contribution in [3.63, 3.8) is 0 Å². The van der Waals surface area contributed by atoms with Crippen LogP contribution in [0.5, 0.6) is 0 Å². The maximum Gasteiger partial charge on any atom is 0.267 e. The molecule has 0 aliphatic carbocycles. The van der Waals surface area contributed by atoms with E-state index in [0.717, 1.165) is 5.56 Å². The van der Waals surface area contributed by atoms with E-state index in [0.29, 0.717) is 17.4 Å². The van der Waals surface area contributed by atoms with Gasteiger partial charge in [0.1, 0.15) is 5.69 Å². The number of nitrogens with zero attached hydrogens (tertiary/aromatic N) is 1. The van der Waals surface area contributed by atoms with Gasteiger partial charge in [-0.2, -0.15) is 0 Å². The molecule has 0 fully saturated rings. The number of para-hydroxylation sites is 1. The molecule has 0 aliphatic heterocycles. The Morgan fingerprint density at radius 3 is 2.50 bits per heavy atom. The fraction of sp³-hybridized carbons (Fsp3) is 0.238. The molecule has 0 aliphatic rings. The molecule has 1 aromatic heterocycles. The number of hydrogen-bond donors (Lipinski definition) is 2. The first kappa shape index (κ1) is 17.9. The van der Waals surface area contributed by atoms with Crippen LogP contribution in [0.25, 0.3) is 10.9 Å². The summed E-state index contributed by atoms with van der Waals surface area (Å²) in [6, 6.07) is 16.9. The molecule has 1 atom stereocenters. The third kappa shape index (κ3) is 3.83. The van der Waals surface area contributed by atoms with Crippen molar-refractivity contribution in [3.05, 3.63) is 81.6 Å². The monoisotopic (exact) mass is 349 g/mol. The standard InChI is InChI=1S/C21H23N3O2/c1-14-8-10-15(11-9-14)19(24(2)3)13-22-21(26)18-12-20(25)16-6-4-5-7-17(16)23-18/h4-12,19H,13H2,1-3H3,(H,22,26)(H,23,25)/t19-/m1/s1. The molecular formula is C21H23N3O2. The molecule has 2 N–H and O–H groups in total. The number of aromatic amines is 1. The van der Waals surface area contributed by atoms with Crippen LogP contribution in [0.4, 0.5) is 0 Å². The van der Waals surface area contributed by atoms with Crippen LogP contribution in [0.3, 0.4) is 0 Å². The van der Waals surface area contributed by atoms with E-state index in [9.17, 15) is 9.59 Å². The first-order valence-corrected chi connectivity index (χ1v) is 8.59. The van der Waals surface area contributed by atoms with E-state index in [1.54, 1.807) is 18.2 Å². The second-order valence-corrected chi connectivity index (χ2v) is 6.69. The van der Waals surface area contributed by atoms with Gasteiger partial charge in [0, 0.05) is 23.5 Å². The Bertz CT molecular complexity index is 974. The van der Waals surface area contributed by atoms with Crippen LogP contribution < -0.4 is 10.7 Å². The second kappa shape index (κ2) is 7.54. The fourth-order valence-corrected chi connectivity index (χ4v) is 2.99. The maximum atomic E-state index is 12.6. The van der Waals surface area contributed by atoms with Crippen molar-refractivity contribution in [1.29, 1.82) is 0 Å². The Kier molecular flexibility index (Phi) is 5.19. The Balaban J connectivity index is 1.78. The first-order chi connectivity index (χ1) is 12.5. The molecule has 0 bridgehead atoms. The predicted octanol–water partition coefficient (Wildman–Crippen LogP) is 2.87. The van der Waals surface area contributed by atoms with Crippen LogP contribution in [0.15, 0.2) is 59.4 Å². The summed E-state index contributed by atoms with van der Waals surface area (Å²) in [5.74, 6) is -0.285. The Morgan fingerprint density at radius 1 is 1.12 bits per heavy atom. The van der Waals surface area contributed by atoms with Crippen LogP contribution in [0.1, 0.15) is 27.7 Å². The van der Waals surface area contributed by atoms with Crippen molar-refractivity contribution in [1.82, 2.24) is 15.2 Å². The first-order valence-electron chi connectivity index (χ1n) is 8.59. The van der Waals surface area contributed by atoms with E-state index >= 15 is 0 Å². The largest absolute Gasteiger partial charge is 0.350 e. The molecule has 1 amide bonds. The second-order valence-electron chi connectivity index (χ2n) is 6.69. The van der Waals surface area contributed by atoms with Gasteiger partial charge in [0.2, 0.25) is 0 Å². The summed E-state index contributed by atoms with van der Waals surface area (Å²) in [4.78, 5) is 29.9. The van der Waals surface area contributed by atoms with Crippen molar-refractivity contribution in [2.75, 3.05) is 20.6 Å². The smallest absolute Gasteiger partial charge is 0.267 e. The highest BCUT2D eigenvalue weighted by molar-refractivity contribution is 5.94. The van der Waals surface area contributed by atoms with Crippen molar-refractivity contribution in [3.8, 4) is 0 Å². The van der Waals surface area contributed by atoms with Crippen LogP contribution >= 0.6 is 0 Å². The van der Waals surface area contributed by atoms with Crippen LogP contribution in [-0.4, -0.2) is 36.4 Å². The van der Waals surface area contributed by atoms with Crippen molar-refractivity contribution < 1.29 is 4.79 Å². The average Bonchev–Trinajstić information content (AvgIpc) is 2.63. The van der Waals surface area contributed by atoms with Crippen molar-refractivity contribution in [2.24, 2.45) is 0 Å². The molecule has 5 nitrogen and oxygen atoms in total. The summed E-state index contributed by atoms with van der Waals surface area (Å²) in [5, 5.41) is 3.51. The van der Waals surface area contributed by atoms with Gasteiger partial charge < -0.3 is 15.2 Å². The molecular weight excluding hydrogens is 326 g/mol. The molecule has 0 radical (unpaired) electrons. The van der Waals surface area contributed by atoms with E-state index in [2.05, 4.69) is 39.5 Å². The van der Waals surface area contributed by atoms with Gasteiger partial charge in [0.15, 0.2) is 5.43 Å². The van der Waals surface area contributed by atoms with Gasteiger partial charge >= 0.3 is 0 Å². The number of nitrogens with one attached hydrogen (secondary N) is 2.